The number of hydrogen-bond acceptors (Lipinski definition) is 4. The number of nitrogens with one attached hydrogen (secondary N) is 2. The summed E-state index contributed by atoms with van der Waals surface area (Å²) in [5, 5.41) is 4.51. The Kier molecular flexibility index (Phi) is 5.96. The van der Waals surface area contributed by atoms with Crippen molar-refractivity contribution < 1.29 is 17.9 Å². The van der Waals surface area contributed by atoms with Crippen LogP contribution in [0.2, 0.25) is 0 Å². The summed E-state index contributed by atoms with van der Waals surface area (Å²) in [7, 11) is -2.23. The summed E-state index contributed by atoms with van der Waals surface area (Å²) < 4.78 is 32.8. The van der Waals surface area contributed by atoms with Gasteiger partial charge in [0, 0.05) is 6.54 Å². The number of hydrogen-bond donors (Lipinski definition) is 2. The van der Waals surface area contributed by atoms with Crippen LogP contribution in [0.15, 0.2) is 71.6 Å². The maximum absolute atomic E-state index is 12.6. The number of ether oxygens (including phenoxy) is 1. The second-order valence-electron chi connectivity index (χ2n) is 6.42. The summed E-state index contributed by atoms with van der Waals surface area (Å²) in [5.74, 6) is 0.326. The molecule has 6 nitrogen and oxygen atoms in total. The van der Waals surface area contributed by atoms with Gasteiger partial charge in [-0.2, -0.15) is 4.72 Å². The zero-order valence-corrected chi connectivity index (χ0v) is 16.5. The molecule has 3 rings (SSSR count). The highest BCUT2D eigenvalue weighted by molar-refractivity contribution is 7.89. The molecule has 0 aliphatic heterocycles. The van der Waals surface area contributed by atoms with E-state index < -0.39 is 22.0 Å². The Labute approximate surface area is 164 Å². The van der Waals surface area contributed by atoms with E-state index in [0.717, 1.165) is 22.1 Å². The molecule has 1 atom stereocenters. The number of rotatable bonds is 7. The zero-order valence-electron chi connectivity index (χ0n) is 15.7. The Hall–Kier alpha value is -2.90. The molecule has 0 saturated carbocycles. The summed E-state index contributed by atoms with van der Waals surface area (Å²) in [6.45, 7) is 1.81. The van der Waals surface area contributed by atoms with Gasteiger partial charge in [0.25, 0.3) is 0 Å². The molecule has 0 radical (unpaired) electrons. The first-order valence-corrected chi connectivity index (χ1v) is 10.3. The second kappa shape index (κ2) is 8.41. The highest BCUT2D eigenvalue weighted by Crippen LogP contribution is 2.19. The molecule has 3 aromatic rings. The number of carbonyl (C=O) groups excluding carboxylic acids is 1. The number of sulfonamides is 1. The average molecular weight is 398 g/mol. The molecule has 0 spiro atoms. The monoisotopic (exact) mass is 398 g/mol. The first-order chi connectivity index (χ1) is 13.4. The van der Waals surface area contributed by atoms with Crippen LogP contribution in [0, 0.1) is 0 Å². The first-order valence-electron chi connectivity index (χ1n) is 8.81. The van der Waals surface area contributed by atoms with E-state index in [1.165, 1.54) is 13.0 Å². The van der Waals surface area contributed by atoms with E-state index in [4.69, 9.17) is 4.74 Å². The zero-order chi connectivity index (χ0) is 20.1. The van der Waals surface area contributed by atoms with Gasteiger partial charge in [-0.1, -0.05) is 42.5 Å². The van der Waals surface area contributed by atoms with Gasteiger partial charge < -0.3 is 10.1 Å². The van der Waals surface area contributed by atoms with Crippen LogP contribution in [0.3, 0.4) is 0 Å². The third-order valence-corrected chi connectivity index (χ3v) is 5.92. The highest BCUT2D eigenvalue weighted by atomic mass is 32.2. The molecule has 0 saturated heterocycles. The van der Waals surface area contributed by atoms with Crippen LogP contribution in [-0.2, 0) is 21.4 Å². The van der Waals surface area contributed by atoms with Gasteiger partial charge in [0.05, 0.1) is 18.0 Å². The summed E-state index contributed by atoms with van der Waals surface area (Å²) in [6, 6.07) is 18.7. The molecule has 0 fully saturated rings. The third kappa shape index (κ3) is 4.68. The lowest BCUT2D eigenvalue weighted by Crippen LogP contribution is -2.44. The molecular weight excluding hydrogens is 376 g/mol. The number of amides is 1. The van der Waals surface area contributed by atoms with Gasteiger partial charge in [-0.25, -0.2) is 8.42 Å². The molecule has 1 amide bonds. The number of fused-ring (bicyclic) bond motifs is 1. The minimum atomic E-state index is -3.82. The number of benzene rings is 3. The first kappa shape index (κ1) is 19.9. The molecule has 28 heavy (non-hydrogen) atoms. The Bertz CT molecular complexity index is 1080. The van der Waals surface area contributed by atoms with Crippen LogP contribution in [-0.4, -0.2) is 27.5 Å². The molecule has 3 aromatic carbocycles. The summed E-state index contributed by atoms with van der Waals surface area (Å²) in [6.07, 6.45) is 0. The van der Waals surface area contributed by atoms with Crippen molar-refractivity contribution in [1.29, 1.82) is 0 Å². The average Bonchev–Trinajstić information content (AvgIpc) is 2.71. The van der Waals surface area contributed by atoms with Crippen LogP contribution in [0.4, 0.5) is 0 Å². The van der Waals surface area contributed by atoms with E-state index >= 15 is 0 Å². The van der Waals surface area contributed by atoms with E-state index in [9.17, 15) is 13.2 Å². The standard InChI is InChI=1S/C21H22N2O4S/c1-15(21(24)22-14-16-7-10-19(27-2)11-8-16)23-28(25,26)20-12-9-17-5-3-4-6-18(17)13-20/h3-13,15,23H,14H2,1-2H3,(H,22,24)/t15-/m1/s1. The number of carbonyl (C=O) groups is 1. The van der Waals surface area contributed by atoms with Crippen molar-refractivity contribution in [3.05, 3.63) is 72.3 Å². The van der Waals surface area contributed by atoms with Crippen LogP contribution < -0.4 is 14.8 Å². The van der Waals surface area contributed by atoms with Gasteiger partial charge in [0.15, 0.2) is 0 Å². The Morgan fingerprint density at radius 2 is 1.68 bits per heavy atom. The van der Waals surface area contributed by atoms with Gasteiger partial charge in [0.2, 0.25) is 15.9 Å². The fourth-order valence-electron chi connectivity index (χ4n) is 2.77. The summed E-state index contributed by atoms with van der Waals surface area (Å²) in [4.78, 5) is 12.4. The maximum Gasteiger partial charge on any atom is 0.241 e. The van der Waals surface area contributed by atoms with Crippen molar-refractivity contribution in [2.24, 2.45) is 0 Å². The number of methoxy groups -OCH3 is 1. The normalized spacial score (nSPS) is 12.5. The topological polar surface area (TPSA) is 84.5 Å². The lowest BCUT2D eigenvalue weighted by Gasteiger charge is -2.15. The van der Waals surface area contributed by atoms with Crippen LogP contribution in [0.25, 0.3) is 10.8 Å². The highest BCUT2D eigenvalue weighted by Gasteiger charge is 2.22. The minimum Gasteiger partial charge on any atom is -0.497 e. The quantitative estimate of drug-likeness (QED) is 0.641. The van der Waals surface area contributed by atoms with Crippen LogP contribution in [0.1, 0.15) is 12.5 Å². The van der Waals surface area contributed by atoms with Crippen molar-refractivity contribution in [3.63, 3.8) is 0 Å². The van der Waals surface area contributed by atoms with Gasteiger partial charge in [-0.15, -0.1) is 0 Å². The van der Waals surface area contributed by atoms with E-state index in [0.29, 0.717) is 6.54 Å². The molecule has 0 bridgehead atoms. The predicted octanol–water partition coefficient (Wildman–Crippen LogP) is 2.83. The SMILES string of the molecule is COc1ccc(CNC(=O)[C@@H](C)NS(=O)(=O)c2ccc3ccccc3c2)cc1. The van der Waals surface area contributed by atoms with Crippen molar-refractivity contribution >= 4 is 26.7 Å². The van der Waals surface area contributed by atoms with E-state index in [1.807, 2.05) is 36.4 Å². The Morgan fingerprint density at radius 3 is 2.36 bits per heavy atom. The molecule has 0 aliphatic carbocycles. The Morgan fingerprint density at radius 1 is 1.00 bits per heavy atom. The van der Waals surface area contributed by atoms with Crippen molar-refractivity contribution in [3.8, 4) is 5.75 Å². The van der Waals surface area contributed by atoms with Crippen molar-refractivity contribution in [2.45, 2.75) is 24.4 Å². The second-order valence-corrected chi connectivity index (χ2v) is 8.13. The van der Waals surface area contributed by atoms with Crippen LogP contribution in [0.5, 0.6) is 5.75 Å². The molecule has 0 heterocycles. The van der Waals surface area contributed by atoms with Crippen LogP contribution >= 0.6 is 0 Å². The van der Waals surface area contributed by atoms with Gasteiger partial charge in [-0.3, -0.25) is 4.79 Å². The predicted molar refractivity (Wildman–Crippen MR) is 109 cm³/mol. The van der Waals surface area contributed by atoms with Crippen molar-refractivity contribution in [1.82, 2.24) is 10.0 Å². The fraction of sp³-hybridized carbons (Fsp3) is 0.190. The molecule has 2 N–H and O–H groups in total. The van der Waals surface area contributed by atoms with E-state index in [2.05, 4.69) is 10.0 Å². The summed E-state index contributed by atoms with van der Waals surface area (Å²) >= 11 is 0. The summed E-state index contributed by atoms with van der Waals surface area (Å²) in [5.41, 5.74) is 0.888. The van der Waals surface area contributed by atoms with Gasteiger partial charge in [-0.05, 0) is 47.5 Å². The molecule has 146 valence electrons. The lowest BCUT2D eigenvalue weighted by molar-refractivity contribution is -0.122. The molecular formula is C21H22N2O4S. The fourth-order valence-corrected chi connectivity index (χ4v) is 4.01. The van der Waals surface area contributed by atoms with Crippen molar-refractivity contribution in [2.75, 3.05) is 7.11 Å². The van der Waals surface area contributed by atoms with E-state index in [1.54, 1.807) is 31.4 Å². The maximum atomic E-state index is 12.6. The lowest BCUT2D eigenvalue weighted by atomic mass is 10.1. The van der Waals surface area contributed by atoms with Gasteiger partial charge >= 0.3 is 0 Å². The molecule has 0 aliphatic rings. The molecule has 7 heteroatoms. The van der Waals surface area contributed by atoms with Gasteiger partial charge in [0.1, 0.15) is 5.75 Å². The smallest absolute Gasteiger partial charge is 0.241 e. The minimum absolute atomic E-state index is 0.126. The molecule has 0 unspecified atom stereocenters. The Balaban J connectivity index is 1.64. The third-order valence-electron chi connectivity index (χ3n) is 4.38. The molecule has 0 aromatic heterocycles. The largest absolute Gasteiger partial charge is 0.497 e. The van der Waals surface area contributed by atoms with E-state index in [-0.39, 0.29) is 4.90 Å².